The maximum Gasteiger partial charge on any atom is 0.228 e. The number of rotatable bonds is 4. The predicted octanol–water partition coefficient (Wildman–Crippen LogP) is 3.59. The van der Waals surface area contributed by atoms with Crippen molar-refractivity contribution in [1.82, 2.24) is 0 Å². The van der Waals surface area contributed by atoms with Crippen LogP contribution in [0, 0.1) is 0 Å². The third-order valence-electron chi connectivity index (χ3n) is 2.82. The summed E-state index contributed by atoms with van der Waals surface area (Å²) in [5.74, 6) is -0.317. The first-order valence-electron chi connectivity index (χ1n) is 6.46. The molecule has 21 heavy (non-hydrogen) atoms. The van der Waals surface area contributed by atoms with E-state index in [-0.39, 0.29) is 18.2 Å². The molecule has 0 aliphatic rings. The van der Waals surface area contributed by atoms with Crippen LogP contribution in [0.2, 0.25) is 0 Å². The van der Waals surface area contributed by atoms with Gasteiger partial charge in [0.1, 0.15) is 0 Å². The highest BCUT2D eigenvalue weighted by Gasteiger charge is 2.09. The standard InChI is InChI=1S/C16H15BrN2O2/c1-11(20)18-14-8-4-5-9-15(14)19-16(21)10-12-6-2-3-7-13(12)17/h2-9H,10H2,1H3,(H,18,20)(H,19,21). The van der Waals surface area contributed by atoms with Gasteiger partial charge < -0.3 is 10.6 Å². The van der Waals surface area contributed by atoms with Crippen molar-refractivity contribution in [1.29, 1.82) is 0 Å². The lowest BCUT2D eigenvalue weighted by Gasteiger charge is -2.11. The van der Waals surface area contributed by atoms with Crippen LogP contribution in [-0.2, 0) is 16.0 Å². The summed E-state index contributed by atoms with van der Waals surface area (Å²) in [5, 5.41) is 5.51. The minimum absolute atomic E-state index is 0.139. The number of hydrogen-bond donors (Lipinski definition) is 2. The Bertz CT molecular complexity index is 671. The maximum atomic E-state index is 12.1. The van der Waals surface area contributed by atoms with E-state index in [1.165, 1.54) is 6.92 Å². The zero-order chi connectivity index (χ0) is 15.2. The van der Waals surface area contributed by atoms with E-state index in [9.17, 15) is 9.59 Å². The SMILES string of the molecule is CC(=O)Nc1ccccc1NC(=O)Cc1ccccc1Br. The summed E-state index contributed by atoms with van der Waals surface area (Å²) in [4.78, 5) is 23.3. The van der Waals surface area contributed by atoms with Gasteiger partial charge in [0.05, 0.1) is 17.8 Å². The van der Waals surface area contributed by atoms with Crippen LogP contribution >= 0.6 is 15.9 Å². The molecule has 2 N–H and O–H groups in total. The molecule has 0 bridgehead atoms. The Kier molecular flexibility index (Phi) is 5.11. The first-order valence-corrected chi connectivity index (χ1v) is 7.25. The molecule has 0 radical (unpaired) electrons. The summed E-state index contributed by atoms with van der Waals surface area (Å²) in [6.45, 7) is 1.43. The zero-order valence-corrected chi connectivity index (χ0v) is 13.1. The molecule has 2 rings (SSSR count). The lowest BCUT2D eigenvalue weighted by molar-refractivity contribution is -0.116. The van der Waals surface area contributed by atoms with Gasteiger partial charge in [-0.3, -0.25) is 9.59 Å². The third-order valence-corrected chi connectivity index (χ3v) is 3.59. The molecule has 0 spiro atoms. The van der Waals surface area contributed by atoms with E-state index in [4.69, 9.17) is 0 Å². The van der Waals surface area contributed by atoms with Crippen molar-refractivity contribution in [2.75, 3.05) is 10.6 Å². The number of nitrogens with one attached hydrogen (secondary N) is 2. The van der Waals surface area contributed by atoms with Gasteiger partial charge in [0.25, 0.3) is 0 Å². The fourth-order valence-corrected chi connectivity index (χ4v) is 2.32. The van der Waals surface area contributed by atoms with Crippen LogP contribution in [0.15, 0.2) is 53.0 Å². The molecule has 0 saturated carbocycles. The van der Waals surface area contributed by atoms with Gasteiger partial charge >= 0.3 is 0 Å². The number of anilines is 2. The molecule has 2 aromatic rings. The molecule has 2 aromatic carbocycles. The topological polar surface area (TPSA) is 58.2 Å². The van der Waals surface area contributed by atoms with Gasteiger partial charge in [-0.25, -0.2) is 0 Å². The molecule has 0 saturated heterocycles. The molecular formula is C16H15BrN2O2. The minimum atomic E-state index is -0.178. The van der Waals surface area contributed by atoms with E-state index in [1.54, 1.807) is 24.3 Å². The highest BCUT2D eigenvalue weighted by molar-refractivity contribution is 9.10. The average Bonchev–Trinajstić information content (AvgIpc) is 2.43. The lowest BCUT2D eigenvalue weighted by atomic mass is 10.1. The molecule has 108 valence electrons. The van der Waals surface area contributed by atoms with Crippen molar-refractivity contribution in [3.05, 3.63) is 58.6 Å². The molecular weight excluding hydrogens is 332 g/mol. The van der Waals surface area contributed by atoms with Crippen LogP contribution in [0.5, 0.6) is 0 Å². The van der Waals surface area contributed by atoms with Crippen molar-refractivity contribution < 1.29 is 9.59 Å². The Morgan fingerprint density at radius 2 is 1.52 bits per heavy atom. The summed E-state index contributed by atoms with van der Waals surface area (Å²) in [7, 11) is 0. The van der Waals surface area contributed by atoms with Crippen molar-refractivity contribution >= 4 is 39.1 Å². The summed E-state index contributed by atoms with van der Waals surface area (Å²) in [6, 6.07) is 14.7. The van der Waals surface area contributed by atoms with E-state index < -0.39 is 0 Å². The Morgan fingerprint density at radius 1 is 0.952 bits per heavy atom. The number of para-hydroxylation sites is 2. The number of carbonyl (C=O) groups excluding carboxylic acids is 2. The van der Waals surface area contributed by atoms with Gasteiger partial charge in [0.15, 0.2) is 0 Å². The van der Waals surface area contributed by atoms with Gasteiger partial charge in [0, 0.05) is 11.4 Å². The molecule has 0 aromatic heterocycles. The van der Waals surface area contributed by atoms with E-state index in [1.807, 2.05) is 24.3 Å². The van der Waals surface area contributed by atoms with Crippen LogP contribution in [0.4, 0.5) is 11.4 Å². The Labute approximate surface area is 131 Å². The maximum absolute atomic E-state index is 12.1. The second-order valence-electron chi connectivity index (χ2n) is 4.54. The molecule has 0 fully saturated rings. The number of benzene rings is 2. The highest BCUT2D eigenvalue weighted by atomic mass is 79.9. The fourth-order valence-electron chi connectivity index (χ4n) is 1.90. The van der Waals surface area contributed by atoms with E-state index in [0.717, 1.165) is 10.0 Å². The number of halogens is 1. The molecule has 5 heteroatoms. The second-order valence-corrected chi connectivity index (χ2v) is 5.40. The lowest BCUT2D eigenvalue weighted by Crippen LogP contribution is -2.17. The van der Waals surface area contributed by atoms with Gasteiger partial charge in [-0.2, -0.15) is 0 Å². The predicted molar refractivity (Wildman–Crippen MR) is 87.2 cm³/mol. The van der Waals surface area contributed by atoms with Gasteiger partial charge in [-0.1, -0.05) is 46.3 Å². The van der Waals surface area contributed by atoms with Crippen molar-refractivity contribution in [2.24, 2.45) is 0 Å². The average molecular weight is 347 g/mol. The molecule has 4 nitrogen and oxygen atoms in total. The quantitative estimate of drug-likeness (QED) is 0.888. The van der Waals surface area contributed by atoms with Crippen molar-refractivity contribution in [3.8, 4) is 0 Å². The Morgan fingerprint density at radius 3 is 2.14 bits per heavy atom. The monoisotopic (exact) mass is 346 g/mol. The third kappa shape index (κ3) is 4.43. The summed E-state index contributed by atoms with van der Waals surface area (Å²) in [5.41, 5.74) is 2.09. The fraction of sp³-hybridized carbons (Fsp3) is 0.125. The van der Waals surface area contributed by atoms with Crippen molar-refractivity contribution in [2.45, 2.75) is 13.3 Å². The Balaban J connectivity index is 2.10. The first kappa shape index (κ1) is 15.3. The minimum Gasteiger partial charge on any atom is -0.325 e. The summed E-state index contributed by atoms with van der Waals surface area (Å²) in [6.07, 6.45) is 0.260. The largest absolute Gasteiger partial charge is 0.325 e. The van der Waals surface area contributed by atoms with Gasteiger partial charge in [-0.05, 0) is 23.8 Å². The number of amides is 2. The van der Waals surface area contributed by atoms with Gasteiger partial charge in [0.2, 0.25) is 11.8 Å². The molecule has 0 aliphatic carbocycles. The smallest absolute Gasteiger partial charge is 0.228 e. The summed E-state index contributed by atoms with van der Waals surface area (Å²) >= 11 is 3.42. The summed E-state index contributed by atoms with van der Waals surface area (Å²) < 4.78 is 0.898. The second kappa shape index (κ2) is 7.04. The van der Waals surface area contributed by atoms with Crippen LogP contribution in [-0.4, -0.2) is 11.8 Å². The number of hydrogen-bond acceptors (Lipinski definition) is 2. The van der Waals surface area contributed by atoms with Gasteiger partial charge in [-0.15, -0.1) is 0 Å². The van der Waals surface area contributed by atoms with Crippen LogP contribution in [0.3, 0.4) is 0 Å². The van der Waals surface area contributed by atoms with Crippen LogP contribution < -0.4 is 10.6 Å². The van der Waals surface area contributed by atoms with E-state index in [2.05, 4.69) is 26.6 Å². The van der Waals surface area contributed by atoms with Crippen LogP contribution in [0.1, 0.15) is 12.5 Å². The normalized spacial score (nSPS) is 10.0. The van der Waals surface area contributed by atoms with E-state index in [0.29, 0.717) is 11.4 Å². The number of carbonyl (C=O) groups is 2. The molecule has 2 amide bonds. The Hall–Kier alpha value is -2.14. The first-order chi connectivity index (χ1) is 10.1. The molecule has 0 heterocycles. The molecule has 0 atom stereocenters. The molecule has 0 aliphatic heterocycles. The van der Waals surface area contributed by atoms with Crippen molar-refractivity contribution in [3.63, 3.8) is 0 Å². The zero-order valence-electron chi connectivity index (χ0n) is 11.5. The highest BCUT2D eigenvalue weighted by Crippen LogP contribution is 2.22. The molecule has 0 unspecified atom stereocenters. The van der Waals surface area contributed by atoms with E-state index >= 15 is 0 Å². The van der Waals surface area contributed by atoms with Crippen LogP contribution in [0.25, 0.3) is 0 Å².